The van der Waals surface area contributed by atoms with E-state index >= 15 is 0 Å². The highest BCUT2D eigenvalue weighted by atomic mass is 32.2. The number of esters is 1. The molecule has 3 aromatic carbocycles. The van der Waals surface area contributed by atoms with Gasteiger partial charge in [0.05, 0.1) is 31.6 Å². The van der Waals surface area contributed by atoms with Gasteiger partial charge in [0.2, 0.25) is 11.8 Å². The number of amides is 4. The second-order valence-corrected chi connectivity index (χ2v) is 13.2. The first-order valence-electron chi connectivity index (χ1n) is 15.8. The molecule has 13 heteroatoms. The van der Waals surface area contributed by atoms with Gasteiger partial charge in [0.15, 0.2) is 0 Å². The number of hydrogen-bond acceptors (Lipinski definition) is 9. The number of nitrogens with one attached hydrogen (secondary N) is 3. The number of carbonyl (C=O) groups is 5. The molecule has 0 atom stereocenters. The fourth-order valence-electron chi connectivity index (χ4n) is 5.24. The summed E-state index contributed by atoms with van der Waals surface area (Å²) in [6, 6.07) is 22.7. The predicted octanol–water partition coefficient (Wildman–Crippen LogP) is 5.98. The SMILES string of the molecule is CCOC(=O)c1c(NC(=O)CSc2cccc(NC(=O)/C(=C\c3ccccc3OC)NC(=O)c3ccccc3)c2)sc2c1CCN(C(C)=O)C2. The van der Waals surface area contributed by atoms with Crippen molar-refractivity contribution in [2.75, 3.05) is 36.6 Å². The summed E-state index contributed by atoms with van der Waals surface area (Å²) >= 11 is 2.53. The van der Waals surface area contributed by atoms with Crippen LogP contribution in [0.4, 0.5) is 10.7 Å². The van der Waals surface area contributed by atoms with Gasteiger partial charge in [-0.05, 0) is 61.4 Å². The van der Waals surface area contributed by atoms with Crippen molar-refractivity contribution in [2.45, 2.75) is 31.7 Å². The van der Waals surface area contributed by atoms with Crippen molar-refractivity contribution in [2.24, 2.45) is 0 Å². The highest BCUT2D eigenvalue weighted by molar-refractivity contribution is 8.00. The first-order valence-corrected chi connectivity index (χ1v) is 17.6. The molecule has 0 spiro atoms. The minimum atomic E-state index is -0.559. The van der Waals surface area contributed by atoms with Crippen LogP contribution in [0.3, 0.4) is 0 Å². The zero-order chi connectivity index (χ0) is 35.6. The summed E-state index contributed by atoms with van der Waals surface area (Å²) in [4.78, 5) is 67.9. The first-order chi connectivity index (χ1) is 24.2. The predicted molar refractivity (Wildman–Crippen MR) is 194 cm³/mol. The number of nitrogens with zero attached hydrogens (tertiary/aromatic N) is 1. The molecule has 3 N–H and O–H groups in total. The summed E-state index contributed by atoms with van der Waals surface area (Å²) in [6.45, 7) is 4.27. The second-order valence-electron chi connectivity index (χ2n) is 11.1. The van der Waals surface area contributed by atoms with E-state index in [2.05, 4.69) is 16.0 Å². The van der Waals surface area contributed by atoms with Crippen LogP contribution >= 0.6 is 23.1 Å². The Kier molecular flexibility index (Phi) is 12.1. The van der Waals surface area contributed by atoms with Crippen LogP contribution in [-0.4, -0.2) is 60.5 Å². The molecule has 50 heavy (non-hydrogen) atoms. The topological polar surface area (TPSA) is 143 Å². The van der Waals surface area contributed by atoms with Crippen molar-refractivity contribution >= 4 is 69.5 Å². The van der Waals surface area contributed by atoms with Gasteiger partial charge in [-0.2, -0.15) is 0 Å². The third-order valence-corrected chi connectivity index (χ3v) is 9.79. The molecule has 2 heterocycles. The summed E-state index contributed by atoms with van der Waals surface area (Å²) in [7, 11) is 1.52. The number of thioether (sulfide) groups is 1. The molecule has 1 aromatic heterocycles. The zero-order valence-corrected chi connectivity index (χ0v) is 29.4. The van der Waals surface area contributed by atoms with Crippen LogP contribution in [0.1, 0.15) is 50.6 Å². The lowest BCUT2D eigenvalue weighted by molar-refractivity contribution is -0.129. The molecule has 4 aromatic rings. The number of carbonyl (C=O) groups excluding carboxylic acids is 5. The maximum Gasteiger partial charge on any atom is 0.341 e. The van der Waals surface area contributed by atoms with Crippen LogP contribution in [0.25, 0.3) is 6.08 Å². The molecular weight excluding hydrogens is 677 g/mol. The van der Waals surface area contributed by atoms with Gasteiger partial charge in [-0.25, -0.2) is 4.79 Å². The van der Waals surface area contributed by atoms with E-state index in [0.717, 1.165) is 10.4 Å². The molecule has 5 rings (SSSR count). The van der Waals surface area contributed by atoms with Gasteiger partial charge in [-0.3, -0.25) is 19.2 Å². The summed E-state index contributed by atoms with van der Waals surface area (Å²) in [5.41, 5.74) is 2.58. The van der Waals surface area contributed by atoms with E-state index < -0.39 is 17.8 Å². The number of hydrogen-bond donors (Lipinski definition) is 3. The number of anilines is 2. The monoisotopic (exact) mass is 712 g/mol. The maximum atomic E-state index is 13.6. The van der Waals surface area contributed by atoms with E-state index in [1.165, 1.54) is 37.1 Å². The number of thiophene rings is 1. The highest BCUT2D eigenvalue weighted by Crippen LogP contribution is 2.38. The maximum absolute atomic E-state index is 13.6. The van der Waals surface area contributed by atoms with Gasteiger partial charge in [0.25, 0.3) is 11.8 Å². The largest absolute Gasteiger partial charge is 0.496 e. The molecule has 11 nitrogen and oxygen atoms in total. The molecule has 1 aliphatic rings. The number of para-hydroxylation sites is 1. The Morgan fingerprint density at radius 3 is 2.46 bits per heavy atom. The van der Waals surface area contributed by atoms with Crippen molar-refractivity contribution in [3.8, 4) is 5.75 Å². The van der Waals surface area contributed by atoms with E-state index in [-0.39, 0.29) is 29.9 Å². The molecule has 4 amide bonds. The normalized spacial score (nSPS) is 12.4. The van der Waals surface area contributed by atoms with Gasteiger partial charge in [0, 0.05) is 40.1 Å². The summed E-state index contributed by atoms with van der Waals surface area (Å²) in [5.74, 6) is -1.35. The molecule has 0 saturated carbocycles. The standard InChI is InChI=1S/C37H36N4O7S2/c1-4-48-37(46)33-28-17-18-41(23(2)42)21-31(28)50-36(33)40-32(43)22-49-27-15-10-14-26(20-27)38-35(45)29(19-25-13-8-9-16-30(25)47-3)39-34(44)24-11-6-5-7-12-24/h5-16,19-20H,4,17-18,21-22H2,1-3H3,(H,38,45)(H,39,44)(H,40,43)/b29-19+. The van der Waals surface area contributed by atoms with Gasteiger partial charge >= 0.3 is 5.97 Å². The number of fused-ring (bicyclic) bond motifs is 1. The third kappa shape index (κ3) is 8.98. The fraction of sp³-hybridized carbons (Fsp3) is 0.216. The lowest BCUT2D eigenvalue weighted by atomic mass is 10.0. The number of rotatable bonds is 12. The van der Waals surface area contributed by atoms with Crippen LogP contribution in [0.5, 0.6) is 5.75 Å². The molecule has 0 bridgehead atoms. The molecule has 0 fully saturated rings. The fourth-order valence-corrected chi connectivity index (χ4v) is 7.26. The average Bonchev–Trinajstić information content (AvgIpc) is 3.48. The van der Waals surface area contributed by atoms with Gasteiger partial charge in [-0.15, -0.1) is 23.1 Å². The van der Waals surface area contributed by atoms with E-state index in [9.17, 15) is 24.0 Å². The van der Waals surface area contributed by atoms with E-state index in [4.69, 9.17) is 9.47 Å². The van der Waals surface area contributed by atoms with Crippen LogP contribution in [0, 0.1) is 0 Å². The van der Waals surface area contributed by atoms with Crippen molar-refractivity contribution in [1.29, 1.82) is 0 Å². The molecule has 258 valence electrons. The van der Waals surface area contributed by atoms with Crippen molar-refractivity contribution in [1.82, 2.24) is 10.2 Å². The molecule has 0 saturated heterocycles. The average molecular weight is 713 g/mol. The smallest absolute Gasteiger partial charge is 0.341 e. The van der Waals surface area contributed by atoms with E-state index in [0.29, 0.717) is 57.5 Å². The molecule has 1 aliphatic heterocycles. The van der Waals surface area contributed by atoms with Crippen LogP contribution in [-0.2, 0) is 32.1 Å². The molecule has 0 aliphatic carbocycles. The van der Waals surface area contributed by atoms with E-state index in [1.807, 2.05) is 0 Å². The lowest BCUT2D eigenvalue weighted by Crippen LogP contribution is -2.34. The number of ether oxygens (including phenoxy) is 2. The van der Waals surface area contributed by atoms with Crippen LogP contribution < -0.4 is 20.7 Å². The van der Waals surface area contributed by atoms with Crippen molar-refractivity contribution < 1.29 is 33.4 Å². The molecule has 0 unspecified atom stereocenters. The molecule has 0 radical (unpaired) electrons. The van der Waals surface area contributed by atoms with Crippen LogP contribution in [0.2, 0.25) is 0 Å². The zero-order valence-electron chi connectivity index (χ0n) is 27.7. The third-order valence-electron chi connectivity index (χ3n) is 7.66. The minimum absolute atomic E-state index is 0.00302. The molecular formula is C37H36N4O7S2. The lowest BCUT2D eigenvalue weighted by Gasteiger charge is -2.25. The quantitative estimate of drug-likeness (QED) is 0.0926. The van der Waals surface area contributed by atoms with Crippen molar-refractivity contribution in [3.63, 3.8) is 0 Å². The summed E-state index contributed by atoms with van der Waals surface area (Å²) < 4.78 is 10.7. The van der Waals surface area contributed by atoms with Gasteiger partial charge < -0.3 is 30.3 Å². The minimum Gasteiger partial charge on any atom is -0.496 e. The number of methoxy groups -OCH3 is 1. The Bertz CT molecular complexity index is 1940. The van der Waals surface area contributed by atoms with E-state index in [1.54, 1.807) is 96.8 Å². The number of benzene rings is 3. The Hall–Kier alpha value is -5.40. The Balaban J connectivity index is 1.28. The second kappa shape index (κ2) is 16.8. The Morgan fingerprint density at radius 2 is 1.72 bits per heavy atom. The highest BCUT2D eigenvalue weighted by Gasteiger charge is 2.30. The summed E-state index contributed by atoms with van der Waals surface area (Å²) in [5, 5.41) is 8.84. The summed E-state index contributed by atoms with van der Waals surface area (Å²) in [6.07, 6.45) is 2.04. The Labute approximate surface area is 298 Å². The van der Waals surface area contributed by atoms with Crippen LogP contribution in [0.15, 0.2) is 89.5 Å². The first kappa shape index (κ1) is 35.9. The van der Waals surface area contributed by atoms with Gasteiger partial charge in [-0.1, -0.05) is 42.5 Å². The Morgan fingerprint density at radius 1 is 0.960 bits per heavy atom. The van der Waals surface area contributed by atoms with Crippen molar-refractivity contribution in [3.05, 3.63) is 112 Å². The van der Waals surface area contributed by atoms with Gasteiger partial charge in [0.1, 0.15) is 16.4 Å².